The number of nitrogens with one attached hydrogen (secondary N) is 1. The standard InChI is InChI=1S/C19H24N4O6/c1-3-8-23-16(20)15(17(24)21-19(23)26)22(9-10-27-2)18(25)14-11-28-12-6-4-5-7-13(12)29-14/h4-7,14H,3,8-11,20H2,1-2H3,(H,21,24,26)/t14-/m1/s1. The van der Waals surface area contributed by atoms with Crippen molar-refractivity contribution in [3.63, 3.8) is 0 Å². The van der Waals surface area contributed by atoms with Gasteiger partial charge in [0.1, 0.15) is 12.4 Å². The van der Waals surface area contributed by atoms with Crippen molar-refractivity contribution in [2.45, 2.75) is 26.0 Å². The minimum atomic E-state index is -0.980. The van der Waals surface area contributed by atoms with E-state index in [1.54, 1.807) is 24.3 Å². The van der Waals surface area contributed by atoms with Gasteiger partial charge in [0.25, 0.3) is 11.5 Å². The predicted molar refractivity (Wildman–Crippen MR) is 107 cm³/mol. The molecule has 0 aliphatic carbocycles. The monoisotopic (exact) mass is 404 g/mol. The fourth-order valence-electron chi connectivity index (χ4n) is 3.11. The van der Waals surface area contributed by atoms with Crippen molar-refractivity contribution in [3.05, 3.63) is 45.1 Å². The number of para-hydroxylation sites is 2. The van der Waals surface area contributed by atoms with Gasteiger partial charge in [-0.2, -0.15) is 0 Å². The van der Waals surface area contributed by atoms with E-state index in [0.717, 1.165) is 0 Å². The summed E-state index contributed by atoms with van der Waals surface area (Å²) < 4.78 is 17.7. The highest BCUT2D eigenvalue weighted by Gasteiger charge is 2.34. The minimum Gasteiger partial charge on any atom is -0.485 e. The van der Waals surface area contributed by atoms with Gasteiger partial charge in [-0.25, -0.2) is 4.79 Å². The Labute approximate surface area is 166 Å². The highest BCUT2D eigenvalue weighted by Crippen LogP contribution is 2.31. The number of fused-ring (bicyclic) bond motifs is 1. The van der Waals surface area contributed by atoms with Crippen LogP contribution in [0.5, 0.6) is 11.5 Å². The first-order valence-electron chi connectivity index (χ1n) is 9.29. The van der Waals surface area contributed by atoms with Crippen molar-refractivity contribution in [1.82, 2.24) is 9.55 Å². The molecule has 2 heterocycles. The molecule has 1 aromatic carbocycles. The maximum absolute atomic E-state index is 13.2. The third-order valence-corrected chi connectivity index (χ3v) is 4.50. The molecule has 0 fully saturated rings. The van der Waals surface area contributed by atoms with Crippen molar-refractivity contribution in [2.24, 2.45) is 0 Å². The predicted octanol–water partition coefficient (Wildman–Crippen LogP) is 0.348. The van der Waals surface area contributed by atoms with Crippen LogP contribution in [0.4, 0.5) is 11.5 Å². The fourth-order valence-corrected chi connectivity index (χ4v) is 3.11. The van der Waals surface area contributed by atoms with Crippen molar-refractivity contribution in [3.8, 4) is 11.5 Å². The van der Waals surface area contributed by atoms with Crippen LogP contribution < -0.4 is 31.4 Å². The number of carbonyl (C=O) groups excluding carboxylic acids is 1. The summed E-state index contributed by atoms with van der Waals surface area (Å²) in [6, 6.07) is 6.99. The van der Waals surface area contributed by atoms with Crippen LogP contribution >= 0.6 is 0 Å². The molecule has 156 valence electrons. The normalized spacial score (nSPS) is 15.2. The zero-order valence-corrected chi connectivity index (χ0v) is 16.3. The van der Waals surface area contributed by atoms with Gasteiger partial charge in [-0.3, -0.25) is 24.0 Å². The molecule has 1 amide bonds. The van der Waals surface area contributed by atoms with Gasteiger partial charge in [0, 0.05) is 20.2 Å². The molecule has 0 unspecified atom stereocenters. The molecule has 3 N–H and O–H groups in total. The highest BCUT2D eigenvalue weighted by atomic mass is 16.6. The molecule has 10 heteroatoms. The van der Waals surface area contributed by atoms with Gasteiger partial charge in [0.15, 0.2) is 17.2 Å². The van der Waals surface area contributed by atoms with Crippen LogP contribution in [-0.4, -0.2) is 48.4 Å². The Morgan fingerprint density at radius 3 is 2.76 bits per heavy atom. The van der Waals surface area contributed by atoms with E-state index in [1.807, 2.05) is 6.92 Å². The summed E-state index contributed by atoms with van der Waals surface area (Å²) in [6.45, 7) is 2.36. The van der Waals surface area contributed by atoms with Gasteiger partial charge in [-0.15, -0.1) is 0 Å². The number of H-pyrrole nitrogens is 1. The third kappa shape index (κ3) is 4.11. The Morgan fingerprint density at radius 2 is 2.07 bits per heavy atom. The van der Waals surface area contributed by atoms with Crippen LogP contribution in [0.2, 0.25) is 0 Å². The zero-order valence-electron chi connectivity index (χ0n) is 16.3. The number of benzene rings is 1. The Morgan fingerprint density at radius 1 is 1.34 bits per heavy atom. The van der Waals surface area contributed by atoms with Gasteiger partial charge in [-0.1, -0.05) is 19.1 Å². The SMILES string of the molecule is CCCn1c(N)c(N(CCOC)C(=O)[C@H]2COc3ccccc3O2)c(=O)[nH]c1=O. The average molecular weight is 404 g/mol. The number of aromatic amines is 1. The van der Waals surface area contributed by atoms with Crippen LogP contribution in [0.25, 0.3) is 0 Å². The Kier molecular flexibility index (Phi) is 6.23. The number of nitrogen functional groups attached to an aromatic ring is 1. The molecular weight excluding hydrogens is 380 g/mol. The number of methoxy groups -OCH3 is 1. The van der Waals surface area contributed by atoms with E-state index in [1.165, 1.54) is 16.6 Å². The van der Waals surface area contributed by atoms with Gasteiger partial charge < -0.3 is 19.9 Å². The first-order chi connectivity index (χ1) is 14.0. The second kappa shape index (κ2) is 8.82. The summed E-state index contributed by atoms with van der Waals surface area (Å²) in [6.07, 6.45) is -0.357. The molecule has 29 heavy (non-hydrogen) atoms. The maximum atomic E-state index is 13.2. The number of nitrogens with two attached hydrogens (primary N) is 1. The number of nitrogens with zero attached hydrogens (tertiary/aromatic N) is 2. The molecule has 1 aromatic heterocycles. The number of rotatable bonds is 7. The fraction of sp³-hybridized carbons (Fsp3) is 0.421. The molecule has 0 saturated heterocycles. The van der Waals surface area contributed by atoms with Gasteiger partial charge in [0.2, 0.25) is 6.10 Å². The largest absolute Gasteiger partial charge is 0.485 e. The Hall–Kier alpha value is -3.27. The lowest BCUT2D eigenvalue weighted by Gasteiger charge is -2.31. The second-order valence-electron chi connectivity index (χ2n) is 6.49. The van der Waals surface area contributed by atoms with E-state index >= 15 is 0 Å². The van der Waals surface area contributed by atoms with Crippen LogP contribution in [-0.2, 0) is 16.1 Å². The maximum Gasteiger partial charge on any atom is 0.330 e. The molecule has 10 nitrogen and oxygen atoms in total. The molecule has 1 aliphatic rings. The topological polar surface area (TPSA) is 129 Å². The number of aromatic nitrogens is 2. The number of anilines is 2. The summed E-state index contributed by atoms with van der Waals surface area (Å²) in [5.74, 6) is 0.369. The first-order valence-corrected chi connectivity index (χ1v) is 9.29. The lowest BCUT2D eigenvalue weighted by Crippen LogP contribution is -2.50. The molecule has 1 aliphatic heterocycles. The van der Waals surface area contributed by atoms with E-state index in [9.17, 15) is 14.4 Å². The van der Waals surface area contributed by atoms with Gasteiger partial charge in [0.05, 0.1) is 6.61 Å². The van der Waals surface area contributed by atoms with Gasteiger partial charge in [-0.05, 0) is 18.6 Å². The number of carbonyl (C=O) groups is 1. The van der Waals surface area contributed by atoms with E-state index in [4.69, 9.17) is 19.9 Å². The van der Waals surface area contributed by atoms with E-state index < -0.39 is 23.3 Å². The molecule has 3 rings (SSSR count). The third-order valence-electron chi connectivity index (χ3n) is 4.50. The molecular formula is C19H24N4O6. The van der Waals surface area contributed by atoms with E-state index in [-0.39, 0.29) is 31.3 Å². The average Bonchev–Trinajstić information content (AvgIpc) is 2.72. The number of hydrogen-bond acceptors (Lipinski definition) is 7. The van der Waals surface area contributed by atoms with Crippen molar-refractivity contribution >= 4 is 17.4 Å². The van der Waals surface area contributed by atoms with Crippen molar-refractivity contribution in [2.75, 3.05) is 37.5 Å². The van der Waals surface area contributed by atoms with Crippen LogP contribution in [0, 0.1) is 0 Å². The van der Waals surface area contributed by atoms with Crippen molar-refractivity contribution < 1.29 is 19.0 Å². The molecule has 0 spiro atoms. The summed E-state index contributed by atoms with van der Waals surface area (Å²) in [7, 11) is 1.48. The number of amides is 1. The summed E-state index contributed by atoms with van der Waals surface area (Å²) >= 11 is 0. The van der Waals surface area contributed by atoms with Crippen LogP contribution in [0.1, 0.15) is 13.3 Å². The Bertz CT molecular complexity index is 999. The van der Waals surface area contributed by atoms with E-state index in [0.29, 0.717) is 24.5 Å². The summed E-state index contributed by atoms with van der Waals surface area (Å²) in [5, 5.41) is 0. The quantitative estimate of drug-likeness (QED) is 0.681. The molecule has 0 saturated carbocycles. The molecule has 0 bridgehead atoms. The highest BCUT2D eigenvalue weighted by molar-refractivity contribution is 5.99. The lowest BCUT2D eigenvalue weighted by atomic mass is 10.2. The first kappa shape index (κ1) is 20.5. The zero-order chi connectivity index (χ0) is 21.0. The second-order valence-corrected chi connectivity index (χ2v) is 6.49. The molecule has 1 atom stereocenters. The number of ether oxygens (including phenoxy) is 3. The summed E-state index contributed by atoms with van der Waals surface area (Å²) in [5.41, 5.74) is 4.64. The Balaban J connectivity index is 1.99. The van der Waals surface area contributed by atoms with Crippen LogP contribution in [0.15, 0.2) is 33.9 Å². The molecule has 0 radical (unpaired) electrons. The van der Waals surface area contributed by atoms with Crippen LogP contribution in [0.3, 0.4) is 0 Å². The molecule has 2 aromatic rings. The van der Waals surface area contributed by atoms with E-state index in [2.05, 4.69) is 4.98 Å². The summed E-state index contributed by atoms with van der Waals surface area (Å²) in [4.78, 5) is 41.3. The lowest BCUT2D eigenvalue weighted by molar-refractivity contribution is -0.127. The number of hydrogen-bond donors (Lipinski definition) is 2. The van der Waals surface area contributed by atoms with Gasteiger partial charge >= 0.3 is 5.69 Å². The minimum absolute atomic E-state index is 0.0221. The smallest absolute Gasteiger partial charge is 0.330 e. The van der Waals surface area contributed by atoms with Crippen molar-refractivity contribution in [1.29, 1.82) is 0 Å².